The molecule has 32 heavy (non-hydrogen) atoms. The molecule has 3 aromatic rings. The van der Waals surface area contributed by atoms with Crippen LogP contribution in [-0.2, 0) is 4.79 Å². The third kappa shape index (κ3) is 5.47. The number of halogens is 1. The molecule has 0 bridgehead atoms. The molecule has 0 aliphatic carbocycles. The Bertz CT molecular complexity index is 994. The highest BCUT2D eigenvalue weighted by atomic mass is 35.5. The Kier molecular flexibility index (Phi) is 7.75. The van der Waals surface area contributed by atoms with Gasteiger partial charge in [0.1, 0.15) is 18.4 Å². The number of carbonyl (C=O) groups excluding carboxylic acids is 1. The van der Waals surface area contributed by atoms with Gasteiger partial charge in [0, 0.05) is 17.1 Å². The molecule has 1 unspecified atom stereocenters. The first-order chi connectivity index (χ1) is 15.7. The number of nitrogens with zero attached hydrogens (tertiary/aromatic N) is 2. The van der Waals surface area contributed by atoms with E-state index in [4.69, 9.17) is 16.3 Å². The first-order valence-electron chi connectivity index (χ1n) is 11.1. The summed E-state index contributed by atoms with van der Waals surface area (Å²) in [6.45, 7) is 2.52. The van der Waals surface area contributed by atoms with Crippen molar-refractivity contribution < 1.29 is 9.53 Å². The van der Waals surface area contributed by atoms with E-state index in [9.17, 15) is 4.79 Å². The van der Waals surface area contributed by atoms with Crippen molar-refractivity contribution in [2.75, 3.05) is 26.2 Å². The molecule has 6 heteroatoms. The standard InChI is InChI=1S/C26H28ClN3O2/c27-23-11-5-4-10-22(23)25(24-12-6-7-15-29-24)30(26(31)20-13-16-28-17-14-20)18-19-32-21-8-2-1-3-9-21/h1-12,15,20,25,28H,13-14,16-19H2. The number of benzene rings is 2. The first-order valence-corrected chi connectivity index (χ1v) is 11.5. The highest BCUT2D eigenvalue weighted by Crippen LogP contribution is 2.34. The van der Waals surface area contributed by atoms with Crippen molar-refractivity contribution in [3.63, 3.8) is 0 Å². The van der Waals surface area contributed by atoms with Gasteiger partial charge >= 0.3 is 0 Å². The SMILES string of the molecule is O=C(C1CCNCC1)N(CCOc1ccccc1)C(c1ccccn1)c1ccccc1Cl. The number of nitrogens with one attached hydrogen (secondary N) is 1. The molecule has 0 radical (unpaired) electrons. The third-order valence-corrected chi connectivity index (χ3v) is 6.14. The molecule has 1 N–H and O–H groups in total. The van der Waals surface area contributed by atoms with Crippen molar-refractivity contribution in [3.05, 3.63) is 95.3 Å². The van der Waals surface area contributed by atoms with Crippen molar-refractivity contribution in [2.24, 2.45) is 5.92 Å². The van der Waals surface area contributed by atoms with Crippen LogP contribution in [0.1, 0.15) is 30.1 Å². The Labute approximate surface area is 194 Å². The van der Waals surface area contributed by atoms with Crippen molar-refractivity contribution in [2.45, 2.75) is 18.9 Å². The minimum absolute atomic E-state index is 0.0262. The maximum atomic E-state index is 13.8. The number of carbonyl (C=O) groups is 1. The minimum Gasteiger partial charge on any atom is -0.492 e. The van der Waals surface area contributed by atoms with Gasteiger partial charge in [-0.3, -0.25) is 9.78 Å². The summed E-state index contributed by atoms with van der Waals surface area (Å²) in [6.07, 6.45) is 3.41. The van der Waals surface area contributed by atoms with Crippen LogP contribution < -0.4 is 10.1 Å². The summed E-state index contributed by atoms with van der Waals surface area (Å²) < 4.78 is 5.97. The summed E-state index contributed by atoms with van der Waals surface area (Å²) in [5, 5.41) is 3.97. The zero-order valence-electron chi connectivity index (χ0n) is 18.0. The fourth-order valence-electron chi connectivity index (χ4n) is 4.17. The summed E-state index contributed by atoms with van der Waals surface area (Å²) in [4.78, 5) is 20.3. The highest BCUT2D eigenvalue weighted by Gasteiger charge is 2.33. The Balaban J connectivity index is 1.67. The fourth-order valence-corrected chi connectivity index (χ4v) is 4.41. The maximum absolute atomic E-state index is 13.8. The van der Waals surface area contributed by atoms with Crippen molar-refractivity contribution >= 4 is 17.5 Å². The van der Waals surface area contributed by atoms with E-state index in [0.717, 1.165) is 42.9 Å². The Morgan fingerprint density at radius 2 is 1.75 bits per heavy atom. The molecule has 2 aromatic carbocycles. The van der Waals surface area contributed by atoms with E-state index < -0.39 is 0 Å². The molecule has 1 aliphatic heterocycles. The molecule has 1 fully saturated rings. The van der Waals surface area contributed by atoms with E-state index in [0.29, 0.717) is 18.2 Å². The van der Waals surface area contributed by atoms with Crippen molar-refractivity contribution in [1.29, 1.82) is 0 Å². The molecule has 1 saturated heterocycles. The van der Waals surface area contributed by atoms with Crippen LogP contribution >= 0.6 is 11.6 Å². The van der Waals surface area contributed by atoms with Gasteiger partial charge in [-0.05, 0) is 61.8 Å². The van der Waals surface area contributed by atoms with E-state index in [2.05, 4.69) is 10.3 Å². The van der Waals surface area contributed by atoms with E-state index in [1.54, 1.807) is 6.20 Å². The molecule has 1 aliphatic rings. The van der Waals surface area contributed by atoms with Gasteiger partial charge in [-0.1, -0.05) is 54.1 Å². The number of piperidine rings is 1. The summed E-state index contributed by atoms with van der Waals surface area (Å²) in [5.74, 6) is 0.884. The molecule has 4 rings (SSSR count). The van der Waals surface area contributed by atoms with Crippen LogP contribution in [-0.4, -0.2) is 42.0 Å². The number of ether oxygens (including phenoxy) is 1. The van der Waals surface area contributed by atoms with Gasteiger partial charge in [0.2, 0.25) is 5.91 Å². The van der Waals surface area contributed by atoms with Crippen LogP contribution in [0.4, 0.5) is 0 Å². The van der Waals surface area contributed by atoms with Crippen molar-refractivity contribution in [1.82, 2.24) is 15.2 Å². The van der Waals surface area contributed by atoms with Crippen LogP contribution in [0.15, 0.2) is 79.0 Å². The average Bonchev–Trinajstić information content (AvgIpc) is 2.86. The van der Waals surface area contributed by atoms with E-state index in [1.165, 1.54) is 0 Å². The number of amides is 1. The normalized spacial score (nSPS) is 15.2. The van der Waals surface area contributed by atoms with Crippen LogP contribution in [0.2, 0.25) is 5.02 Å². The summed E-state index contributed by atoms with van der Waals surface area (Å²) in [7, 11) is 0. The summed E-state index contributed by atoms with van der Waals surface area (Å²) in [6, 6.07) is 22.8. The second kappa shape index (κ2) is 11.1. The molecular weight excluding hydrogens is 422 g/mol. The number of para-hydroxylation sites is 1. The highest BCUT2D eigenvalue weighted by molar-refractivity contribution is 6.31. The van der Waals surface area contributed by atoms with Gasteiger partial charge in [-0.2, -0.15) is 0 Å². The van der Waals surface area contributed by atoms with Gasteiger partial charge in [0.05, 0.1) is 12.2 Å². The summed E-state index contributed by atoms with van der Waals surface area (Å²) >= 11 is 6.63. The predicted octanol–water partition coefficient (Wildman–Crippen LogP) is 4.73. The zero-order valence-corrected chi connectivity index (χ0v) is 18.7. The smallest absolute Gasteiger partial charge is 0.226 e. The predicted molar refractivity (Wildman–Crippen MR) is 127 cm³/mol. The fraction of sp³-hybridized carbons (Fsp3) is 0.308. The van der Waals surface area contributed by atoms with Gasteiger partial charge in [-0.25, -0.2) is 0 Å². The molecule has 166 valence electrons. The molecule has 1 amide bonds. The maximum Gasteiger partial charge on any atom is 0.226 e. The van der Waals surface area contributed by atoms with Crippen molar-refractivity contribution in [3.8, 4) is 5.75 Å². The quantitative estimate of drug-likeness (QED) is 0.540. The van der Waals surface area contributed by atoms with Crippen LogP contribution in [0.25, 0.3) is 0 Å². The second-order valence-electron chi connectivity index (χ2n) is 7.90. The second-order valence-corrected chi connectivity index (χ2v) is 8.30. The molecule has 1 aromatic heterocycles. The number of pyridine rings is 1. The Morgan fingerprint density at radius 1 is 1.03 bits per heavy atom. The topological polar surface area (TPSA) is 54.5 Å². The largest absolute Gasteiger partial charge is 0.492 e. The Morgan fingerprint density at radius 3 is 2.47 bits per heavy atom. The number of rotatable bonds is 8. The molecule has 0 saturated carbocycles. The lowest BCUT2D eigenvalue weighted by Crippen LogP contribution is -2.45. The number of aromatic nitrogens is 1. The van der Waals surface area contributed by atoms with Crippen LogP contribution in [0.3, 0.4) is 0 Å². The zero-order chi connectivity index (χ0) is 22.2. The summed E-state index contributed by atoms with van der Waals surface area (Å²) in [5.41, 5.74) is 1.66. The van der Waals surface area contributed by atoms with E-state index in [1.807, 2.05) is 77.7 Å². The van der Waals surface area contributed by atoms with Gasteiger partial charge in [0.15, 0.2) is 0 Å². The monoisotopic (exact) mass is 449 g/mol. The number of hydrogen-bond acceptors (Lipinski definition) is 4. The van der Waals surface area contributed by atoms with E-state index >= 15 is 0 Å². The lowest BCUT2D eigenvalue weighted by Gasteiger charge is -2.36. The first kappa shape index (κ1) is 22.3. The molecule has 2 heterocycles. The molecule has 0 spiro atoms. The van der Waals surface area contributed by atoms with Gasteiger partial charge in [0.25, 0.3) is 0 Å². The molecule has 5 nitrogen and oxygen atoms in total. The van der Waals surface area contributed by atoms with Gasteiger partial charge < -0.3 is 15.0 Å². The lowest BCUT2D eigenvalue weighted by atomic mass is 9.93. The Hall–Kier alpha value is -2.89. The number of hydrogen-bond donors (Lipinski definition) is 1. The van der Waals surface area contributed by atoms with Crippen LogP contribution in [0, 0.1) is 5.92 Å². The average molecular weight is 450 g/mol. The molecule has 1 atom stereocenters. The van der Waals surface area contributed by atoms with Crippen LogP contribution in [0.5, 0.6) is 5.75 Å². The molecular formula is C26H28ClN3O2. The lowest BCUT2D eigenvalue weighted by molar-refractivity contribution is -0.138. The van der Waals surface area contributed by atoms with E-state index in [-0.39, 0.29) is 17.9 Å². The minimum atomic E-state index is -0.383. The third-order valence-electron chi connectivity index (χ3n) is 5.80. The van der Waals surface area contributed by atoms with Gasteiger partial charge in [-0.15, -0.1) is 0 Å².